The van der Waals surface area contributed by atoms with Gasteiger partial charge in [0, 0.05) is 12.1 Å². The highest BCUT2D eigenvalue weighted by atomic mass is 16.4. The van der Waals surface area contributed by atoms with Crippen LogP contribution in [-0.2, 0) is 9.59 Å². The highest BCUT2D eigenvalue weighted by Crippen LogP contribution is 2.61. The molecule has 110 valence electrons. The molecule has 0 aromatic rings. The predicted molar refractivity (Wildman–Crippen MR) is 72.4 cm³/mol. The van der Waals surface area contributed by atoms with Crippen molar-refractivity contribution in [3.8, 4) is 0 Å². The highest BCUT2D eigenvalue weighted by Gasteiger charge is 2.53. The molecule has 4 aliphatic carbocycles. The van der Waals surface area contributed by atoms with E-state index in [0.717, 1.165) is 29.9 Å². The molecule has 4 rings (SSSR count). The maximum atomic E-state index is 11.8. The molecule has 4 fully saturated rings. The molecule has 0 radical (unpaired) electrons. The minimum atomic E-state index is -1.33. The topological polar surface area (TPSA) is 69.2 Å². The van der Waals surface area contributed by atoms with Crippen LogP contribution in [0.25, 0.3) is 0 Å². The van der Waals surface area contributed by atoms with Gasteiger partial charge in [-0.25, -0.2) is 0 Å². The van der Waals surface area contributed by atoms with Crippen molar-refractivity contribution in [2.24, 2.45) is 23.2 Å². The summed E-state index contributed by atoms with van der Waals surface area (Å²) in [7, 11) is 0. The van der Waals surface area contributed by atoms with Gasteiger partial charge in [0.25, 0.3) is 0 Å². The number of aliphatic carboxylic acids is 1. The molecule has 1 amide bonds. The first-order valence-corrected chi connectivity index (χ1v) is 7.66. The molecular weight excluding hydrogens is 254 g/mol. The molecule has 0 aliphatic heterocycles. The van der Waals surface area contributed by atoms with Gasteiger partial charge in [0.15, 0.2) is 0 Å². The third kappa shape index (κ3) is 2.48. The first-order chi connectivity index (χ1) is 9.47. The molecule has 4 heteroatoms. The van der Waals surface area contributed by atoms with Crippen molar-refractivity contribution in [2.75, 3.05) is 0 Å². The molecule has 4 saturated carbocycles. The van der Waals surface area contributed by atoms with Gasteiger partial charge in [0.2, 0.25) is 5.91 Å². The van der Waals surface area contributed by atoms with Crippen molar-refractivity contribution < 1.29 is 14.7 Å². The summed E-state index contributed by atoms with van der Waals surface area (Å²) in [5.74, 6) is 0.887. The first kappa shape index (κ1) is 13.7. The van der Waals surface area contributed by atoms with Crippen molar-refractivity contribution >= 4 is 11.9 Å². The molecule has 20 heavy (non-hydrogen) atoms. The minimum absolute atomic E-state index is 0.120. The molecule has 0 aromatic heterocycles. The second-order valence-electron chi connectivity index (χ2n) is 7.16. The first-order valence-electron chi connectivity index (χ1n) is 7.66. The molecular formula is C16H22NO3-. The van der Waals surface area contributed by atoms with E-state index < -0.39 is 5.97 Å². The van der Waals surface area contributed by atoms with E-state index in [2.05, 4.69) is 12.2 Å². The Morgan fingerprint density at radius 3 is 2.05 bits per heavy atom. The Labute approximate surface area is 119 Å². The summed E-state index contributed by atoms with van der Waals surface area (Å²) in [5, 5.41) is 13.3. The zero-order valence-electron chi connectivity index (χ0n) is 11.9. The Balaban J connectivity index is 1.66. The number of nitrogens with one attached hydrogen (secondary N) is 1. The third-order valence-corrected chi connectivity index (χ3v) is 5.73. The smallest absolute Gasteiger partial charge is 0.244 e. The van der Waals surface area contributed by atoms with Gasteiger partial charge in [0.05, 0.1) is 5.97 Å². The van der Waals surface area contributed by atoms with E-state index in [9.17, 15) is 14.7 Å². The van der Waals surface area contributed by atoms with E-state index in [4.69, 9.17) is 0 Å². The van der Waals surface area contributed by atoms with Crippen molar-refractivity contribution in [3.05, 3.63) is 12.2 Å². The lowest BCUT2D eigenvalue weighted by atomic mass is 9.48. The molecule has 0 heterocycles. The van der Waals surface area contributed by atoms with Crippen LogP contribution in [0.3, 0.4) is 0 Å². The zero-order valence-corrected chi connectivity index (χ0v) is 11.9. The maximum Gasteiger partial charge on any atom is 0.244 e. The van der Waals surface area contributed by atoms with Crippen LogP contribution in [0.5, 0.6) is 0 Å². The number of hydrogen-bond donors (Lipinski definition) is 1. The number of rotatable bonds is 4. The number of carbonyl (C=O) groups excluding carboxylic acids is 2. The molecule has 0 aromatic carbocycles. The third-order valence-electron chi connectivity index (χ3n) is 5.73. The predicted octanol–water partition coefficient (Wildman–Crippen LogP) is 1.01. The van der Waals surface area contributed by atoms with Gasteiger partial charge in [-0.1, -0.05) is 0 Å². The minimum Gasteiger partial charge on any atom is -0.545 e. The summed E-state index contributed by atoms with van der Waals surface area (Å²) in [6.45, 7) is 2.08. The molecule has 1 atom stereocenters. The molecule has 4 aliphatic rings. The van der Waals surface area contributed by atoms with Gasteiger partial charge < -0.3 is 15.2 Å². The van der Waals surface area contributed by atoms with E-state index in [1.165, 1.54) is 38.5 Å². The van der Waals surface area contributed by atoms with Crippen LogP contribution in [0.1, 0.15) is 45.4 Å². The van der Waals surface area contributed by atoms with E-state index in [0.29, 0.717) is 0 Å². The van der Waals surface area contributed by atoms with Crippen LogP contribution < -0.4 is 10.4 Å². The number of hydrogen-bond acceptors (Lipinski definition) is 3. The van der Waals surface area contributed by atoms with Crippen LogP contribution in [0.2, 0.25) is 0 Å². The van der Waals surface area contributed by atoms with Gasteiger partial charge in [-0.05, 0) is 74.7 Å². The van der Waals surface area contributed by atoms with Crippen molar-refractivity contribution in [1.29, 1.82) is 0 Å². The normalized spacial score (nSPS) is 40.0. The number of carbonyl (C=O) groups is 2. The molecule has 4 bridgehead atoms. The lowest BCUT2D eigenvalue weighted by Crippen LogP contribution is -2.55. The van der Waals surface area contributed by atoms with Gasteiger partial charge in [0.1, 0.15) is 0 Å². The van der Waals surface area contributed by atoms with Crippen LogP contribution in [0, 0.1) is 23.2 Å². The summed E-state index contributed by atoms with van der Waals surface area (Å²) >= 11 is 0. The number of carboxylic acids is 1. The van der Waals surface area contributed by atoms with E-state index in [-0.39, 0.29) is 17.4 Å². The maximum absolute atomic E-state index is 11.8. The monoisotopic (exact) mass is 276 g/mol. The summed E-state index contributed by atoms with van der Waals surface area (Å²) in [4.78, 5) is 22.1. The van der Waals surface area contributed by atoms with Crippen molar-refractivity contribution in [2.45, 2.75) is 51.5 Å². The lowest BCUT2D eigenvalue weighted by molar-refractivity contribution is -0.297. The largest absolute Gasteiger partial charge is 0.545 e. The van der Waals surface area contributed by atoms with Gasteiger partial charge in [-0.15, -0.1) is 0 Å². The Bertz CT molecular complexity index is 419. The van der Waals surface area contributed by atoms with E-state index in [1.807, 2.05) is 0 Å². The summed E-state index contributed by atoms with van der Waals surface area (Å²) in [6.07, 6.45) is 9.67. The molecule has 4 nitrogen and oxygen atoms in total. The Morgan fingerprint density at radius 1 is 1.10 bits per heavy atom. The van der Waals surface area contributed by atoms with Gasteiger partial charge in [-0.3, -0.25) is 4.79 Å². The lowest BCUT2D eigenvalue weighted by Gasteiger charge is -2.59. The summed E-state index contributed by atoms with van der Waals surface area (Å²) < 4.78 is 0. The average molecular weight is 276 g/mol. The molecule has 1 N–H and O–H groups in total. The number of carboxylic acid groups (broad SMARTS) is 1. The van der Waals surface area contributed by atoms with Crippen LogP contribution >= 0.6 is 0 Å². The standard InChI is InChI=1S/C16H23NO3/c1-10(17-14(18)2-3-15(19)20)16-7-11-4-12(8-16)6-13(5-11)9-16/h2-3,10-13H,4-9H2,1H3,(H,17,18)(H,19,20)/p-1/b3-2+/t10-,11?,12?,13?,16?/m0/s1. The van der Waals surface area contributed by atoms with Crippen molar-refractivity contribution in [3.63, 3.8) is 0 Å². The van der Waals surface area contributed by atoms with Crippen LogP contribution in [-0.4, -0.2) is 17.9 Å². The average Bonchev–Trinajstić information content (AvgIpc) is 2.34. The summed E-state index contributed by atoms with van der Waals surface area (Å²) in [6, 6.07) is 0.120. The van der Waals surface area contributed by atoms with Crippen molar-refractivity contribution in [1.82, 2.24) is 5.32 Å². The van der Waals surface area contributed by atoms with E-state index in [1.54, 1.807) is 0 Å². The van der Waals surface area contributed by atoms with Crippen LogP contribution in [0.4, 0.5) is 0 Å². The van der Waals surface area contributed by atoms with Crippen LogP contribution in [0.15, 0.2) is 12.2 Å². The second-order valence-corrected chi connectivity index (χ2v) is 7.16. The molecule has 0 unspecified atom stereocenters. The Kier molecular flexibility index (Phi) is 3.35. The quantitative estimate of drug-likeness (QED) is 0.779. The Hall–Kier alpha value is -1.32. The molecule has 0 saturated heterocycles. The highest BCUT2D eigenvalue weighted by molar-refractivity contribution is 5.93. The second kappa shape index (κ2) is 4.90. The number of amides is 1. The van der Waals surface area contributed by atoms with E-state index >= 15 is 0 Å². The zero-order chi connectivity index (χ0) is 14.3. The fourth-order valence-corrected chi connectivity index (χ4v) is 5.27. The molecule has 0 spiro atoms. The SMILES string of the molecule is C[C@H](NC(=O)/C=C/C(=O)[O-])C12CC3CC(CC(C3)C1)C2. The fraction of sp³-hybridized carbons (Fsp3) is 0.750. The Morgan fingerprint density at radius 2 is 1.60 bits per heavy atom. The fourth-order valence-electron chi connectivity index (χ4n) is 5.27. The summed E-state index contributed by atoms with van der Waals surface area (Å²) in [5.41, 5.74) is 0.250. The van der Waals surface area contributed by atoms with Gasteiger partial charge in [-0.2, -0.15) is 0 Å². The van der Waals surface area contributed by atoms with Gasteiger partial charge >= 0.3 is 0 Å².